The summed E-state index contributed by atoms with van der Waals surface area (Å²) in [4.78, 5) is 10.8. The molecule has 0 radical (unpaired) electrons. The summed E-state index contributed by atoms with van der Waals surface area (Å²) in [6, 6.07) is 7.84. The highest BCUT2D eigenvalue weighted by atomic mass is 32.2. The van der Waals surface area contributed by atoms with E-state index in [9.17, 15) is 13.3 Å². The fourth-order valence-electron chi connectivity index (χ4n) is 1.95. The van der Waals surface area contributed by atoms with Crippen molar-refractivity contribution in [1.82, 2.24) is 0 Å². The molecule has 80 valence electrons. The lowest BCUT2D eigenvalue weighted by molar-refractivity contribution is 0.603. The van der Waals surface area contributed by atoms with Crippen LogP contribution in [0.1, 0.15) is 0 Å². The van der Waals surface area contributed by atoms with E-state index in [1.165, 1.54) is 12.1 Å². The van der Waals surface area contributed by atoms with Gasteiger partial charge in [-0.1, -0.05) is 12.1 Å². The van der Waals surface area contributed by atoms with Gasteiger partial charge in [-0.25, -0.2) is 8.42 Å². The maximum absolute atomic E-state index is 11.7. The standard InChI is InChI=1S/C10H6N2O3S/c13-11-7-4-5-8-10-6(7)2-1-3-9(10)16(14,15)12-8/h1-5,12H. The topological polar surface area (TPSA) is 75.6 Å². The zero-order chi connectivity index (χ0) is 11.3. The number of rotatable bonds is 1. The van der Waals surface area contributed by atoms with E-state index in [1.807, 2.05) is 0 Å². The third-order valence-electron chi connectivity index (χ3n) is 2.61. The first-order valence-corrected chi connectivity index (χ1v) is 6.04. The normalized spacial score (nSPS) is 16.0. The van der Waals surface area contributed by atoms with Crippen LogP contribution in [-0.4, -0.2) is 8.42 Å². The quantitative estimate of drug-likeness (QED) is 0.769. The van der Waals surface area contributed by atoms with Crippen LogP contribution in [0.2, 0.25) is 0 Å². The molecule has 1 heterocycles. The summed E-state index contributed by atoms with van der Waals surface area (Å²) in [7, 11) is -3.48. The summed E-state index contributed by atoms with van der Waals surface area (Å²) in [6.07, 6.45) is 0. The van der Waals surface area contributed by atoms with E-state index in [1.54, 1.807) is 18.2 Å². The molecule has 0 fully saturated rings. The Labute approximate surface area is 91.1 Å². The van der Waals surface area contributed by atoms with E-state index in [4.69, 9.17) is 0 Å². The summed E-state index contributed by atoms with van der Waals surface area (Å²) in [5.41, 5.74) is 0.748. The molecule has 16 heavy (non-hydrogen) atoms. The van der Waals surface area contributed by atoms with Gasteiger partial charge in [0.25, 0.3) is 10.0 Å². The molecule has 3 rings (SSSR count). The van der Waals surface area contributed by atoms with E-state index >= 15 is 0 Å². The Morgan fingerprint density at radius 3 is 2.69 bits per heavy atom. The van der Waals surface area contributed by atoms with Gasteiger partial charge in [-0.2, -0.15) is 0 Å². The SMILES string of the molecule is O=Nc1ccc2c3c(cccc13)S(=O)(=O)N2. The number of anilines is 1. The lowest BCUT2D eigenvalue weighted by Crippen LogP contribution is -2.05. The number of nitroso groups, excluding NO2 is 1. The molecule has 0 spiro atoms. The first-order valence-electron chi connectivity index (χ1n) is 4.55. The number of nitrogens with zero attached hydrogens (tertiary/aromatic N) is 1. The summed E-state index contributed by atoms with van der Waals surface area (Å²) in [5, 5.41) is 3.98. The summed E-state index contributed by atoms with van der Waals surface area (Å²) >= 11 is 0. The average molecular weight is 234 g/mol. The van der Waals surface area contributed by atoms with Gasteiger partial charge in [0.1, 0.15) is 5.69 Å². The molecule has 2 aromatic rings. The van der Waals surface area contributed by atoms with Crippen LogP contribution in [0.4, 0.5) is 11.4 Å². The van der Waals surface area contributed by atoms with Gasteiger partial charge in [-0.05, 0) is 23.4 Å². The highest BCUT2D eigenvalue weighted by Gasteiger charge is 2.27. The molecule has 0 saturated carbocycles. The van der Waals surface area contributed by atoms with Crippen molar-refractivity contribution in [1.29, 1.82) is 0 Å². The second-order valence-corrected chi connectivity index (χ2v) is 5.16. The van der Waals surface area contributed by atoms with E-state index in [0.717, 1.165) is 0 Å². The van der Waals surface area contributed by atoms with Gasteiger partial charge in [0.2, 0.25) is 0 Å². The van der Waals surface area contributed by atoms with Gasteiger partial charge in [-0.3, -0.25) is 4.72 Å². The molecule has 5 nitrogen and oxygen atoms in total. The van der Waals surface area contributed by atoms with Crippen LogP contribution in [0.25, 0.3) is 10.8 Å². The van der Waals surface area contributed by atoms with Crippen molar-refractivity contribution in [3.63, 3.8) is 0 Å². The minimum atomic E-state index is -3.48. The lowest BCUT2D eigenvalue weighted by Gasteiger charge is -1.99. The molecule has 0 bridgehead atoms. The molecular formula is C10H6N2O3S. The van der Waals surface area contributed by atoms with Crippen molar-refractivity contribution in [2.24, 2.45) is 5.18 Å². The van der Waals surface area contributed by atoms with E-state index < -0.39 is 10.0 Å². The van der Waals surface area contributed by atoms with Gasteiger partial charge in [0.05, 0.1) is 10.6 Å². The Morgan fingerprint density at radius 1 is 1.12 bits per heavy atom. The third-order valence-corrected chi connectivity index (χ3v) is 4.02. The second kappa shape index (κ2) is 2.79. The molecule has 1 aliphatic heterocycles. The Morgan fingerprint density at radius 2 is 1.94 bits per heavy atom. The van der Waals surface area contributed by atoms with Crippen molar-refractivity contribution in [3.05, 3.63) is 35.2 Å². The fraction of sp³-hybridized carbons (Fsp3) is 0. The predicted molar refractivity (Wildman–Crippen MR) is 60.2 cm³/mol. The molecule has 0 amide bonds. The molecule has 2 aromatic carbocycles. The second-order valence-electron chi connectivity index (χ2n) is 3.51. The molecule has 0 atom stereocenters. The van der Waals surface area contributed by atoms with Crippen LogP contribution in [0, 0.1) is 4.91 Å². The number of hydrogen-bond acceptors (Lipinski definition) is 4. The first-order chi connectivity index (χ1) is 7.63. The van der Waals surface area contributed by atoms with Crippen LogP contribution in [0.15, 0.2) is 40.4 Å². The molecule has 1 aliphatic rings. The lowest BCUT2D eigenvalue weighted by atomic mass is 10.1. The largest absolute Gasteiger partial charge is 0.279 e. The smallest absolute Gasteiger partial charge is 0.262 e. The summed E-state index contributed by atoms with van der Waals surface area (Å²) < 4.78 is 25.9. The highest BCUT2D eigenvalue weighted by molar-refractivity contribution is 7.93. The van der Waals surface area contributed by atoms with Crippen LogP contribution < -0.4 is 4.72 Å². The highest BCUT2D eigenvalue weighted by Crippen LogP contribution is 2.41. The van der Waals surface area contributed by atoms with Gasteiger partial charge >= 0.3 is 0 Å². The van der Waals surface area contributed by atoms with Gasteiger partial charge in [0, 0.05) is 10.8 Å². The first kappa shape index (κ1) is 9.29. The van der Waals surface area contributed by atoms with Crippen molar-refractivity contribution in [2.45, 2.75) is 4.90 Å². The van der Waals surface area contributed by atoms with E-state index in [0.29, 0.717) is 16.5 Å². The maximum atomic E-state index is 11.7. The number of benzene rings is 2. The molecule has 0 saturated heterocycles. The molecule has 0 unspecified atom stereocenters. The zero-order valence-electron chi connectivity index (χ0n) is 7.97. The Balaban J connectivity index is 2.59. The van der Waals surface area contributed by atoms with Crippen molar-refractivity contribution in [2.75, 3.05) is 4.72 Å². The minimum absolute atomic E-state index is 0.200. The Hall–Kier alpha value is -1.95. The van der Waals surface area contributed by atoms with Crippen LogP contribution in [0.3, 0.4) is 0 Å². The van der Waals surface area contributed by atoms with E-state index in [-0.39, 0.29) is 10.6 Å². The molecular weight excluding hydrogens is 228 g/mol. The monoisotopic (exact) mass is 234 g/mol. The molecule has 6 heteroatoms. The average Bonchev–Trinajstić information content (AvgIpc) is 2.53. The molecule has 0 aliphatic carbocycles. The Kier molecular flexibility index (Phi) is 1.62. The number of nitrogens with one attached hydrogen (secondary N) is 1. The number of sulfonamides is 1. The third kappa shape index (κ3) is 1.02. The molecule has 0 aromatic heterocycles. The van der Waals surface area contributed by atoms with Crippen LogP contribution in [0.5, 0.6) is 0 Å². The zero-order valence-corrected chi connectivity index (χ0v) is 8.78. The maximum Gasteiger partial charge on any atom is 0.262 e. The fourth-order valence-corrected chi connectivity index (χ4v) is 3.26. The molecule has 1 N–H and O–H groups in total. The Bertz CT molecular complexity index is 722. The van der Waals surface area contributed by atoms with Gasteiger partial charge < -0.3 is 0 Å². The summed E-state index contributed by atoms with van der Waals surface area (Å²) in [6.45, 7) is 0. The van der Waals surface area contributed by atoms with Gasteiger partial charge in [-0.15, -0.1) is 4.91 Å². The van der Waals surface area contributed by atoms with Crippen LogP contribution >= 0.6 is 0 Å². The van der Waals surface area contributed by atoms with Crippen LogP contribution in [-0.2, 0) is 10.0 Å². The van der Waals surface area contributed by atoms with Crippen molar-refractivity contribution < 1.29 is 8.42 Å². The van der Waals surface area contributed by atoms with E-state index in [2.05, 4.69) is 9.90 Å². The predicted octanol–water partition coefficient (Wildman–Crippen LogP) is 2.35. The van der Waals surface area contributed by atoms with Crippen molar-refractivity contribution in [3.8, 4) is 0 Å². The van der Waals surface area contributed by atoms with Gasteiger partial charge in [0.15, 0.2) is 0 Å². The minimum Gasteiger partial charge on any atom is -0.279 e. The summed E-state index contributed by atoms with van der Waals surface area (Å²) in [5.74, 6) is 0. The van der Waals surface area contributed by atoms with Crippen molar-refractivity contribution >= 4 is 32.2 Å². The number of hydrogen-bond donors (Lipinski definition) is 1.